The van der Waals surface area contributed by atoms with Crippen LogP contribution in [0.1, 0.15) is 39.8 Å². The number of amides is 1. The van der Waals surface area contributed by atoms with Crippen molar-refractivity contribution in [1.29, 1.82) is 0 Å². The second-order valence-electron chi connectivity index (χ2n) is 11.3. The number of β-lactam (4-membered cyclic amide) rings is 1. The van der Waals surface area contributed by atoms with Gasteiger partial charge in [0, 0.05) is 16.3 Å². The van der Waals surface area contributed by atoms with Crippen LogP contribution in [0.25, 0.3) is 0 Å². The number of carbonyl (C=O) groups is 2. The van der Waals surface area contributed by atoms with E-state index in [2.05, 4.69) is 0 Å². The lowest BCUT2D eigenvalue weighted by molar-refractivity contribution is -0.135. The molecule has 4 nitrogen and oxygen atoms in total. The molecule has 0 saturated carbocycles. The van der Waals surface area contributed by atoms with E-state index in [9.17, 15) is 9.59 Å². The number of rotatable bonds is 8. The Bertz CT molecular complexity index is 1880. The van der Waals surface area contributed by atoms with Gasteiger partial charge in [-0.05, 0) is 52.6 Å². The second kappa shape index (κ2) is 12.5. The van der Waals surface area contributed by atoms with Gasteiger partial charge >= 0.3 is 5.97 Å². The van der Waals surface area contributed by atoms with Gasteiger partial charge in [-0.25, -0.2) is 0 Å². The molecule has 7 rings (SSSR count). The molecule has 1 atom stereocenters. The van der Waals surface area contributed by atoms with Gasteiger partial charge < -0.3 is 9.64 Å². The van der Waals surface area contributed by atoms with E-state index in [0.717, 1.165) is 27.8 Å². The molecule has 0 N–H and O–H groups in total. The first-order valence-electron chi connectivity index (χ1n) is 15.2. The summed E-state index contributed by atoms with van der Waals surface area (Å²) in [4.78, 5) is 30.8. The maximum absolute atomic E-state index is 14.8. The molecule has 6 aromatic rings. The molecule has 1 aliphatic heterocycles. The predicted molar refractivity (Wildman–Crippen MR) is 182 cm³/mol. The number of hydrogen-bond acceptors (Lipinski definition) is 3. The number of anilines is 1. The van der Waals surface area contributed by atoms with Gasteiger partial charge in [0.2, 0.25) is 5.91 Å². The molecule has 6 aromatic carbocycles. The Morgan fingerprint density at radius 3 is 1.59 bits per heavy atom. The van der Waals surface area contributed by atoms with Crippen molar-refractivity contribution >= 4 is 29.2 Å². The van der Waals surface area contributed by atoms with E-state index < -0.39 is 23.3 Å². The van der Waals surface area contributed by atoms with Crippen molar-refractivity contribution in [2.24, 2.45) is 0 Å². The van der Waals surface area contributed by atoms with Crippen LogP contribution in [-0.2, 0) is 15.0 Å². The predicted octanol–water partition coefficient (Wildman–Crippen LogP) is 9.15. The van der Waals surface area contributed by atoms with Crippen molar-refractivity contribution < 1.29 is 14.3 Å². The summed E-state index contributed by atoms with van der Waals surface area (Å²) < 4.78 is 6.38. The summed E-state index contributed by atoms with van der Waals surface area (Å²) >= 11 is 6.27. The largest absolute Gasteiger partial charge is 0.425 e. The second-order valence-corrected chi connectivity index (χ2v) is 11.7. The van der Waals surface area contributed by atoms with Gasteiger partial charge in [0.05, 0.1) is 6.04 Å². The van der Waals surface area contributed by atoms with Crippen molar-refractivity contribution in [3.8, 4) is 5.75 Å². The van der Waals surface area contributed by atoms with Crippen LogP contribution in [0.15, 0.2) is 170 Å². The number of halogens is 1. The average Bonchev–Trinajstić information content (AvgIpc) is 3.11. The molecule has 46 heavy (non-hydrogen) atoms. The van der Waals surface area contributed by atoms with Gasteiger partial charge in [-0.1, -0.05) is 151 Å². The molecule has 0 aliphatic carbocycles. The highest BCUT2D eigenvalue weighted by Gasteiger charge is 2.64. The maximum Gasteiger partial charge on any atom is 0.323 e. The number of ether oxygens (including phenoxy) is 1. The molecule has 0 aromatic heterocycles. The highest BCUT2D eigenvalue weighted by molar-refractivity contribution is 6.30. The third kappa shape index (κ3) is 5.07. The van der Waals surface area contributed by atoms with Gasteiger partial charge in [0.15, 0.2) is 0 Å². The molecule has 1 aliphatic rings. The third-order valence-corrected chi connectivity index (χ3v) is 8.97. The summed E-state index contributed by atoms with van der Waals surface area (Å²) in [5.74, 6) is -0.723. The third-order valence-electron chi connectivity index (χ3n) is 8.71. The van der Waals surface area contributed by atoms with Crippen LogP contribution in [0.2, 0.25) is 5.02 Å². The molecule has 1 fully saturated rings. The lowest BCUT2D eigenvalue weighted by atomic mass is 9.59. The van der Waals surface area contributed by atoms with E-state index in [0.29, 0.717) is 16.5 Å². The molecule has 0 spiro atoms. The molecule has 224 valence electrons. The first-order chi connectivity index (χ1) is 22.6. The summed E-state index contributed by atoms with van der Waals surface area (Å²) in [6.45, 7) is 0. The molecular weight excluding hydrogens is 590 g/mol. The number of para-hydroxylation sites is 1. The van der Waals surface area contributed by atoms with E-state index in [1.54, 1.807) is 17.0 Å². The molecule has 0 bridgehead atoms. The monoisotopic (exact) mass is 619 g/mol. The first-order valence-corrected chi connectivity index (χ1v) is 15.6. The van der Waals surface area contributed by atoms with Gasteiger partial charge in [0.25, 0.3) is 0 Å². The van der Waals surface area contributed by atoms with E-state index >= 15 is 0 Å². The van der Waals surface area contributed by atoms with E-state index in [4.69, 9.17) is 16.3 Å². The standard InChI is InChI=1S/C41H30ClNO3/c42-33-25-27-34(28-26-33)43-38(41(40(43)45,31-19-9-3-10-20-31)32-21-11-4-12-22-32)35-23-13-14-24-36(35)46-39(44)37(29-15-5-1-6-16-29)30-17-7-2-8-18-30/h1-28,37-38H. The van der Waals surface area contributed by atoms with Crippen molar-refractivity contribution in [1.82, 2.24) is 0 Å². The van der Waals surface area contributed by atoms with Crippen LogP contribution < -0.4 is 9.64 Å². The quantitative estimate of drug-likeness (QED) is 0.0969. The summed E-state index contributed by atoms with van der Waals surface area (Å²) in [5, 5.41) is 0.577. The Kier molecular flexibility index (Phi) is 7.96. The van der Waals surface area contributed by atoms with Crippen LogP contribution in [0, 0.1) is 0 Å². The van der Waals surface area contributed by atoms with Gasteiger partial charge in [0.1, 0.15) is 17.1 Å². The fraction of sp³-hybridized carbons (Fsp3) is 0.0732. The minimum Gasteiger partial charge on any atom is -0.425 e. The number of nitrogens with zero attached hydrogens (tertiary/aromatic N) is 1. The van der Waals surface area contributed by atoms with Crippen molar-refractivity contribution in [2.45, 2.75) is 17.4 Å². The van der Waals surface area contributed by atoms with Crippen LogP contribution in [-0.4, -0.2) is 11.9 Å². The van der Waals surface area contributed by atoms with Crippen molar-refractivity contribution in [3.05, 3.63) is 203 Å². The minimum absolute atomic E-state index is 0.0789. The zero-order chi connectivity index (χ0) is 31.5. The Labute approximate surface area is 273 Å². The first kappa shape index (κ1) is 29.3. The number of benzene rings is 6. The summed E-state index contributed by atoms with van der Waals surface area (Å²) in [6.07, 6.45) is 0. The number of carbonyl (C=O) groups excluding carboxylic acids is 2. The minimum atomic E-state index is -1.08. The lowest BCUT2D eigenvalue weighted by Crippen LogP contribution is -2.67. The maximum atomic E-state index is 14.8. The Morgan fingerprint density at radius 1 is 0.609 bits per heavy atom. The molecule has 1 heterocycles. The van der Waals surface area contributed by atoms with Crippen LogP contribution in [0.3, 0.4) is 0 Å². The molecule has 1 saturated heterocycles. The fourth-order valence-electron chi connectivity index (χ4n) is 6.65. The van der Waals surface area contributed by atoms with Crippen molar-refractivity contribution in [2.75, 3.05) is 4.90 Å². The Morgan fingerprint density at radius 2 is 1.07 bits per heavy atom. The smallest absolute Gasteiger partial charge is 0.323 e. The van der Waals surface area contributed by atoms with Crippen molar-refractivity contribution in [3.63, 3.8) is 0 Å². The van der Waals surface area contributed by atoms with E-state index in [1.165, 1.54) is 0 Å². The summed E-state index contributed by atoms with van der Waals surface area (Å²) in [5.41, 5.74) is 3.72. The number of esters is 1. The highest BCUT2D eigenvalue weighted by atomic mass is 35.5. The molecular formula is C41H30ClNO3. The van der Waals surface area contributed by atoms with Crippen LogP contribution in [0.4, 0.5) is 5.69 Å². The van der Waals surface area contributed by atoms with Gasteiger partial charge in [-0.3, -0.25) is 9.59 Å². The normalized spacial score (nSPS) is 15.3. The molecule has 1 amide bonds. The SMILES string of the molecule is O=C(Oc1ccccc1C1N(c2ccc(Cl)cc2)C(=O)C1(c1ccccc1)c1ccccc1)C(c1ccccc1)c1ccccc1. The topological polar surface area (TPSA) is 46.6 Å². The molecule has 0 radical (unpaired) electrons. The van der Waals surface area contributed by atoms with Crippen LogP contribution in [0.5, 0.6) is 5.75 Å². The lowest BCUT2D eigenvalue weighted by Gasteiger charge is -2.57. The van der Waals surface area contributed by atoms with Gasteiger partial charge in [-0.2, -0.15) is 0 Å². The van der Waals surface area contributed by atoms with E-state index in [-0.39, 0.29) is 5.91 Å². The van der Waals surface area contributed by atoms with Crippen LogP contribution >= 0.6 is 11.6 Å². The fourth-order valence-corrected chi connectivity index (χ4v) is 6.77. The highest BCUT2D eigenvalue weighted by Crippen LogP contribution is 2.58. The average molecular weight is 620 g/mol. The molecule has 1 unspecified atom stereocenters. The van der Waals surface area contributed by atoms with Gasteiger partial charge in [-0.15, -0.1) is 0 Å². The zero-order valence-electron chi connectivity index (χ0n) is 24.9. The Hall–Kier alpha value is -5.45. The zero-order valence-corrected chi connectivity index (χ0v) is 25.6. The summed E-state index contributed by atoms with van der Waals surface area (Å²) in [6, 6.07) is 53.2. The van der Waals surface area contributed by atoms with E-state index in [1.807, 2.05) is 158 Å². The number of hydrogen-bond donors (Lipinski definition) is 0. The molecule has 5 heteroatoms. The summed E-state index contributed by atoms with van der Waals surface area (Å²) in [7, 11) is 0. The Balaban J connectivity index is 1.39.